The molecule has 2 fully saturated rings. The van der Waals surface area contributed by atoms with Gasteiger partial charge in [0.2, 0.25) is 11.8 Å². The molecule has 0 radical (unpaired) electrons. The van der Waals surface area contributed by atoms with Crippen LogP contribution in [0.5, 0.6) is 0 Å². The topological polar surface area (TPSA) is 87.7 Å². The summed E-state index contributed by atoms with van der Waals surface area (Å²) in [5.41, 5.74) is 1.14. The first-order chi connectivity index (χ1) is 12.1. The normalized spacial score (nSPS) is 22.1. The van der Waals surface area contributed by atoms with Gasteiger partial charge < -0.3 is 15.0 Å². The standard InChI is InChI=1S/C18H23N3O4/c22-16-7-6-15(19-18(24)20-16)17(23)21-10-8-14(9-11-21)25-12-13-4-2-1-3-5-13/h1-5,14-15H,6-12H2,(H2,19,20,22,24)/t15-/m0/s1. The number of hydrogen-bond donors (Lipinski definition) is 2. The summed E-state index contributed by atoms with van der Waals surface area (Å²) in [4.78, 5) is 37.2. The lowest BCUT2D eigenvalue weighted by atomic mass is 10.0. The minimum Gasteiger partial charge on any atom is -0.373 e. The van der Waals surface area contributed by atoms with E-state index in [4.69, 9.17) is 4.74 Å². The number of hydrogen-bond acceptors (Lipinski definition) is 4. The lowest BCUT2D eigenvalue weighted by Crippen LogP contribution is -2.52. The molecule has 0 aromatic heterocycles. The van der Waals surface area contributed by atoms with Crippen LogP contribution in [-0.2, 0) is 20.9 Å². The van der Waals surface area contributed by atoms with E-state index in [-0.39, 0.29) is 24.3 Å². The van der Waals surface area contributed by atoms with Gasteiger partial charge in [0.25, 0.3) is 0 Å². The molecule has 7 heteroatoms. The van der Waals surface area contributed by atoms with Gasteiger partial charge in [0.1, 0.15) is 6.04 Å². The molecule has 0 aliphatic carbocycles. The third-order valence-corrected chi connectivity index (χ3v) is 4.60. The maximum atomic E-state index is 12.6. The van der Waals surface area contributed by atoms with Gasteiger partial charge in [-0.2, -0.15) is 0 Å². The van der Waals surface area contributed by atoms with Crippen LogP contribution in [0.2, 0.25) is 0 Å². The summed E-state index contributed by atoms with van der Waals surface area (Å²) in [6.07, 6.45) is 2.19. The molecule has 0 unspecified atom stereocenters. The molecule has 1 atom stereocenters. The largest absolute Gasteiger partial charge is 0.373 e. The quantitative estimate of drug-likeness (QED) is 0.858. The number of imide groups is 1. The first-order valence-electron chi connectivity index (χ1n) is 8.66. The van der Waals surface area contributed by atoms with E-state index < -0.39 is 12.1 Å². The molecule has 0 saturated carbocycles. The third-order valence-electron chi connectivity index (χ3n) is 4.60. The van der Waals surface area contributed by atoms with E-state index >= 15 is 0 Å². The molecular weight excluding hydrogens is 322 g/mol. The van der Waals surface area contributed by atoms with Gasteiger partial charge in [0.15, 0.2) is 0 Å². The molecule has 2 saturated heterocycles. The van der Waals surface area contributed by atoms with Gasteiger partial charge in [-0.1, -0.05) is 30.3 Å². The van der Waals surface area contributed by atoms with E-state index in [0.29, 0.717) is 26.1 Å². The number of rotatable bonds is 4. The van der Waals surface area contributed by atoms with Crippen LogP contribution in [0.1, 0.15) is 31.2 Å². The average Bonchev–Trinajstić information content (AvgIpc) is 2.81. The van der Waals surface area contributed by atoms with E-state index in [1.807, 2.05) is 30.3 Å². The van der Waals surface area contributed by atoms with Crippen molar-refractivity contribution in [2.45, 2.75) is 44.4 Å². The van der Waals surface area contributed by atoms with Crippen molar-refractivity contribution >= 4 is 17.8 Å². The highest BCUT2D eigenvalue weighted by atomic mass is 16.5. The molecular formula is C18H23N3O4. The van der Waals surface area contributed by atoms with Gasteiger partial charge in [-0.25, -0.2) is 4.79 Å². The molecule has 2 N–H and O–H groups in total. The lowest BCUT2D eigenvalue weighted by molar-refractivity contribution is -0.136. The average molecular weight is 345 g/mol. The fourth-order valence-electron chi connectivity index (χ4n) is 3.17. The summed E-state index contributed by atoms with van der Waals surface area (Å²) in [7, 11) is 0. The van der Waals surface area contributed by atoms with E-state index in [1.54, 1.807) is 4.90 Å². The van der Waals surface area contributed by atoms with Gasteiger partial charge in [0.05, 0.1) is 12.7 Å². The zero-order chi connectivity index (χ0) is 17.6. The molecule has 2 aliphatic rings. The van der Waals surface area contributed by atoms with Crippen LogP contribution in [0, 0.1) is 0 Å². The van der Waals surface area contributed by atoms with Crippen molar-refractivity contribution in [1.82, 2.24) is 15.5 Å². The minimum atomic E-state index is -0.631. The maximum Gasteiger partial charge on any atom is 0.322 e. The van der Waals surface area contributed by atoms with Gasteiger partial charge in [-0.15, -0.1) is 0 Å². The fraction of sp³-hybridized carbons (Fsp3) is 0.500. The lowest BCUT2D eigenvalue weighted by Gasteiger charge is -2.34. The number of likely N-dealkylation sites (tertiary alicyclic amines) is 1. The second kappa shape index (κ2) is 8.11. The van der Waals surface area contributed by atoms with Crippen LogP contribution < -0.4 is 10.6 Å². The van der Waals surface area contributed by atoms with Gasteiger partial charge in [0, 0.05) is 19.5 Å². The Labute approximate surface area is 146 Å². The predicted molar refractivity (Wildman–Crippen MR) is 90.5 cm³/mol. The highest BCUT2D eigenvalue weighted by Gasteiger charge is 2.31. The van der Waals surface area contributed by atoms with E-state index in [2.05, 4.69) is 10.6 Å². The van der Waals surface area contributed by atoms with E-state index in [0.717, 1.165) is 18.4 Å². The number of amides is 4. The SMILES string of the molecule is O=C1CC[C@@H](C(=O)N2CCC(OCc3ccccc3)CC2)NC(=O)N1. The van der Waals surface area contributed by atoms with Crippen LogP contribution in [0.3, 0.4) is 0 Å². The Bertz CT molecular complexity index is 626. The molecule has 134 valence electrons. The Balaban J connectivity index is 1.46. The highest BCUT2D eigenvalue weighted by Crippen LogP contribution is 2.17. The second-order valence-corrected chi connectivity index (χ2v) is 6.43. The molecule has 2 aliphatic heterocycles. The number of benzene rings is 1. The Hall–Kier alpha value is -2.41. The van der Waals surface area contributed by atoms with Crippen molar-refractivity contribution in [3.63, 3.8) is 0 Å². The van der Waals surface area contributed by atoms with Crippen molar-refractivity contribution < 1.29 is 19.1 Å². The summed E-state index contributed by atoms with van der Waals surface area (Å²) in [5, 5.41) is 4.76. The minimum absolute atomic E-state index is 0.119. The molecule has 0 bridgehead atoms. The smallest absolute Gasteiger partial charge is 0.322 e. The Morgan fingerprint density at radius 2 is 1.84 bits per heavy atom. The first-order valence-corrected chi connectivity index (χ1v) is 8.66. The van der Waals surface area contributed by atoms with Crippen molar-refractivity contribution in [3.05, 3.63) is 35.9 Å². The third kappa shape index (κ3) is 4.79. The van der Waals surface area contributed by atoms with Gasteiger partial charge >= 0.3 is 6.03 Å². The summed E-state index contributed by atoms with van der Waals surface area (Å²) in [6.45, 7) is 1.78. The molecule has 1 aromatic carbocycles. The molecule has 1 aromatic rings. The van der Waals surface area contributed by atoms with Crippen LogP contribution >= 0.6 is 0 Å². The van der Waals surface area contributed by atoms with Crippen molar-refractivity contribution in [3.8, 4) is 0 Å². The van der Waals surface area contributed by atoms with Crippen LogP contribution in [0.25, 0.3) is 0 Å². The number of piperidine rings is 1. The summed E-state index contributed by atoms with van der Waals surface area (Å²) in [5.74, 6) is -0.466. The maximum absolute atomic E-state index is 12.6. The second-order valence-electron chi connectivity index (χ2n) is 6.43. The summed E-state index contributed by atoms with van der Waals surface area (Å²) >= 11 is 0. The van der Waals surface area contributed by atoms with Crippen LogP contribution in [0.15, 0.2) is 30.3 Å². The number of carbonyl (C=O) groups excluding carboxylic acids is 3. The van der Waals surface area contributed by atoms with Crippen molar-refractivity contribution in [1.29, 1.82) is 0 Å². The van der Waals surface area contributed by atoms with Crippen LogP contribution in [-0.4, -0.2) is 48.0 Å². The first kappa shape index (κ1) is 17.4. The van der Waals surface area contributed by atoms with Crippen molar-refractivity contribution in [2.24, 2.45) is 0 Å². The number of carbonyl (C=O) groups is 3. The number of urea groups is 1. The predicted octanol–water partition coefficient (Wildman–Crippen LogP) is 1.18. The van der Waals surface area contributed by atoms with E-state index in [9.17, 15) is 14.4 Å². The Kier molecular flexibility index (Phi) is 5.65. The molecule has 7 nitrogen and oxygen atoms in total. The summed E-state index contributed by atoms with van der Waals surface area (Å²) < 4.78 is 5.93. The number of ether oxygens (including phenoxy) is 1. The molecule has 4 amide bonds. The molecule has 3 rings (SSSR count). The van der Waals surface area contributed by atoms with Gasteiger partial charge in [-0.05, 0) is 24.8 Å². The zero-order valence-corrected chi connectivity index (χ0v) is 14.1. The van der Waals surface area contributed by atoms with Gasteiger partial charge in [-0.3, -0.25) is 14.9 Å². The van der Waals surface area contributed by atoms with Crippen LogP contribution in [0.4, 0.5) is 4.79 Å². The van der Waals surface area contributed by atoms with Crippen molar-refractivity contribution in [2.75, 3.05) is 13.1 Å². The Morgan fingerprint density at radius 1 is 1.12 bits per heavy atom. The highest BCUT2D eigenvalue weighted by molar-refractivity contribution is 5.98. The molecule has 0 spiro atoms. The zero-order valence-electron chi connectivity index (χ0n) is 14.1. The molecule has 2 heterocycles. The molecule has 25 heavy (non-hydrogen) atoms. The fourth-order valence-corrected chi connectivity index (χ4v) is 3.17. The Morgan fingerprint density at radius 3 is 2.56 bits per heavy atom. The monoisotopic (exact) mass is 345 g/mol. The number of nitrogens with zero attached hydrogens (tertiary/aromatic N) is 1. The number of nitrogens with one attached hydrogen (secondary N) is 2. The summed E-state index contributed by atoms with van der Waals surface area (Å²) in [6, 6.07) is 8.78. The van der Waals surface area contributed by atoms with E-state index in [1.165, 1.54) is 0 Å².